The second-order valence-electron chi connectivity index (χ2n) is 3.72. The average Bonchev–Trinajstić information content (AvgIpc) is 2.88. The molecule has 0 atom stereocenters. The zero-order valence-electron chi connectivity index (χ0n) is 9.46. The molecule has 0 spiro atoms. The highest BCUT2D eigenvalue weighted by Crippen LogP contribution is 2.18. The molecular formula is C14H14OS2. The minimum absolute atomic E-state index is 0.326. The maximum absolute atomic E-state index is 11.7. The predicted molar refractivity (Wildman–Crippen MR) is 74.8 cm³/mol. The molecule has 0 radical (unpaired) electrons. The number of carbonyl (C=O) groups is 1. The molecule has 1 aromatic carbocycles. The van der Waals surface area contributed by atoms with Crippen molar-refractivity contribution in [2.75, 3.05) is 5.75 Å². The van der Waals surface area contributed by atoms with Crippen LogP contribution in [0.1, 0.15) is 11.3 Å². The van der Waals surface area contributed by atoms with Crippen molar-refractivity contribution in [2.45, 2.75) is 17.7 Å². The van der Waals surface area contributed by atoms with Crippen LogP contribution in [0.15, 0.2) is 52.7 Å². The lowest BCUT2D eigenvalue weighted by Crippen LogP contribution is -2.02. The maximum Gasteiger partial charge on any atom is 0.143 e. The van der Waals surface area contributed by atoms with Gasteiger partial charge in [0.2, 0.25) is 0 Å². The van der Waals surface area contributed by atoms with Gasteiger partial charge in [-0.3, -0.25) is 4.79 Å². The van der Waals surface area contributed by atoms with Gasteiger partial charge in [-0.25, -0.2) is 0 Å². The van der Waals surface area contributed by atoms with Gasteiger partial charge in [-0.05, 0) is 30.0 Å². The first-order chi connectivity index (χ1) is 8.34. The van der Waals surface area contributed by atoms with E-state index < -0.39 is 0 Å². The van der Waals surface area contributed by atoms with E-state index in [1.54, 1.807) is 23.1 Å². The molecule has 0 aliphatic rings. The van der Waals surface area contributed by atoms with Crippen molar-refractivity contribution in [3.63, 3.8) is 0 Å². The molecule has 0 saturated heterocycles. The Bertz CT molecular complexity index is 448. The number of rotatable bonds is 6. The number of benzene rings is 1. The standard InChI is InChI=1S/C14H14OS2/c15-12(8-9-14-7-4-10-16-14)11-17-13-5-2-1-3-6-13/h1-7,10H,8-9,11H2. The predicted octanol–water partition coefficient (Wildman–Crippen LogP) is 4.04. The number of aryl methyl sites for hydroxylation is 1. The molecule has 0 fully saturated rings. The van der Waals surface area contributed by atoms with Crippen LogP contribution >= 0.6 is 23.1 Å². The first kappa shape index (κ1) is 12.4. The third kappa shape index (κ3) is 4.36. The van der Waals surface area contributed by atoms with Gasteiger partial charge in [-0.15, -0.1) is 23.1 Å². The molecule has 1 nitrogen and oxygen atoms in total. The summed E-state index contributed by atoms with van der Waals surface area (Å²) in [7, 11) is 0. The van der Waals surface area contributed by atoms with Crippen molar-refractivity contribution in [1.82, 2.24) is 0 Å². The van der Waals surface area contributed by atoms with E-state index >= 15 is 0 Å². The minimum atomic E-state index is 0.326. The average molecular weight is 262 g/mol. The third-order valence-corrected chi connectivity index (χ3v) is 4.38. The summed E-state index contributed by atoms with van der Waals surface area (Å²) in [6, 6.07) is 14.2. The molecule has 0 N–H and O–H groups in total. The molecule has 0 unspecified atom stereocenters. The summed E-state index contributed by atoms with van der Waals surface area (Å²) in [5, 5.41) is 2.05. The van der Waals surface area contributed by atoms with Gasteiger partial charge in [0.1, 0.15) is 5.78 Å². The van der Waals surface area contributed by atoms with Gasteiger partial charge in [-0.1, -0.05) is 24.3 Å². The van der Waals surface area contributed by atoms with Gasteiger partial charge in [0.05, 0.1) is 5.75 Å². The number of thiophene rings is 1. The Morgan fingerprint density at radius 3 is 2.65 bits per heavy atom. The summed E-state index contributed by atoms with van der Waals surface area (Å²) in [5.74, 6) is 0.905. The summed E-state index contributed by atoms with van der Waals surface area (Å²) in [6.07, 6.45) is 1.53. The van der Waals surface area contributed by atoms with Gasteiger partial charge >= 0.3 is 0 Å². The van der Waals surface area contributed by atoms with Crippen LogP contribution in [0.25, 0.3) is 0 Å². The number of hydrogen-bond donors (Lipinski definition) is 0. The highest BCUT2D eigenvalue weighted by molar-refractivity contribution is 8.00. The Hall–Kier alpha value is -1.06. The fourth-order valence-corrected chi connectivity index (χ4v) is 3.00. The van der Waals surface area contributed by atoms with Crippen molar-refractivity contribution in [2.24, 2.45) is 0 Å². The van der Waals surface area contributed by atoms with E-state index in [0.717, 1.165) is 11.3 Å². The second-order valence-corrected chi connectivity index (χ2v) is 5.80. The molecule has 88 valence electrons. The van der Waals surface area contributed by atoms with Gasteiger partial charge in [-0.2, -0.15) is 0 Å². The lowest BCUT2D eigenvalue weighted by Gasteiger charge is -2.00. The Morgan fingerprint density at radius 2 is 1.94 bits per heavy atom. The molecule has 0 amide bonds. The number of thioether (sulfide) groups is 1. The lowest BCUT2D eigenvalue weighted by molar-refractivity contribution is -0.116. The van der Waals surface area contributed by atoms with E-state index in [0.29, 0.717) is 18.0 Å². The van der Waals surface area contributed by atoms with Crippen molar-refractivity contribution >= 4 is 28.9 Å². The van der Waals surface area contributed by atoms with Crippen molar-refractivity contribution in [3.8, 4) is 0 Å². The van der Waals surface area contributed by atoms with E-state index in [-0.39, 0.29) is 0 Å². The van der Waals surface area contributed by atoms with Crippen LogP contribution in [-0.4, -0.2) is 11.5 Å². The van der Waals surface area contributed by atoms with Crippen LogP contribution < -0.4 is 0 Å². The molecule has 3 heteroatoms. The smallest absolute Gasteiger partial charge is 0.143 e. The molecule has 0 aliphatic carbocycles. The lowest BCUT2D eigenvalue weighted by atomic mass is 10.2. The number of ketones is 1. The van der Waals surface area contributed by atoms with Crippen LogP contribution in [0, 0.1) is 0 Å². The molecule has 17 heavy (non-hydrogen) atoms. The summed E-state index contributed by atoms with van der Waals surface area (Å²) >= 11 is 3.34. The normalized spacial score (nSPS) is 10.4. The first-order valence-electron chi connectivity index (χ1n) is 5.56. The molecule has 0 bridgehead atoms. The third-order valence-electron chi connectivity index (χ3n) is 2.37. The molecule has 2 rings (SSSR count). The van der Waals surface area contributed by atoms with E-state index in [1.807, 2.05) is 36.4 Å². The quantitative estimate of drug-likeness (QED) is 0.731. The van der Waals surface area contributed by atoms with Crippen LogP contribution in [0.3, 0.4) is 0 Å². The Morgan fingerprint density at radius 1 is 1.12 bits per heavy atom. The maximum atomic E-state index is 11.7. The number of carbonyl (C=O) groups excluding carboxylic acids is 1. The monoisotopic (exact) mass is 262 g/mol. The molecule has 2 aromatic rings. The van der Waals surface area contributed by atoms with Crippen LogP contribution in [-0.2, 0) is 11.2 Å². The number of Topliss-reactive ketones (excluding diaryl/α,β-unsaturated/α-hetero) is 1. The molecular weight excluding hydrogens is 248 g/mol. The van der Waals surface area contributed by atoms with Crippen LogP contribution in [0.2, 0.25) is 0 Å². The van der Waals surface area contributed by atoms with Gasteiger partial charge in [0, 0.05) is 16.2 Å². The minimum Gasteiger partial charge on any atom is -0.299 e. The second kappa shape index (κ2) is 6.62. The molecule has 0 aliphatic heterocycles. The highest BCUT2D eigenvalue weighted by Gasteiger charge is 2.04. The van der Waals surface area contributed by atoms with Crippen molar-refractivity contribution in [3.05, 3.63) is 52.7 Å². The van der Waals surface area contributed by atoms with Crippen molar-refractivity contribution in [1.29, 1.82) is 0 Å². The summed E-state index contributed by atoms with van der Waals surface area (Å²) < 4.78 is 0. The fraction of sp³-hybridized carbons (Fsp3) is 0.214. The SMILES string of the molecule is O=C(CCc1cccs1)CSc1ccccc1. The van der Waals surface area contributed by atoms with Gasteiger partial charge in [0.25, 0.3) is 0 Å². The van der Waals surface area contributed by atoms with E-state index in [9.17, 15) is 4.79 Å². The van der Waals surface area contributed by atoms with E-state index in [4.69, 9.17) is 0 Å². The zero-order chi connectivity index (χ0) is 11.9. The zero-order valence-corrected chi connectivity index (χ0v) is 11.1. The largest absolute Gasteiger partial charge is 0.299 e. The highest BCUT2D eigenvalue weighted by atomic mass is 32.2. The molecule has 1 heterocycles. The first-order valence-corrected chi connectivity index (χ1v) is 7.43. The molecule has 0 saturated carbocycles. The summed E-state index contributed by atoms with van der Waals surface area (Å²) in [5.41, 5.74) is 0. The Kier molecular flexibility index (Phi) is 4.83. The van der Waals surface area contributed by atoms with E-state index in [1.165, 1.54) is 4.88 Å². The van der Waals surface area contributed by atoms with Crippen molar-refractivity contribution < 1.29 is 4.79 Å². The van der Waals surface area contributed by atoms with E-state index in [2.05, 4.69) is 11.4 Å². The van der Waals surface area contributed by atoms with Gasteiger partial charge in [0.15, 0.2) is 0 Å². The molecule has 1 aromatic heterocycles. The Balaban J connectivity index is 1.71. The van der Waals surface area contributed by atoms with Gasteiger partial charge < -0.3 is 0 Å². The van der Waals surface area contributed by atoms with Crippen LogP contribution in [0.5, 0.6) is 0 Å². The summed E-state index contributed by atoms with van der Waals surface area (Å²) in [6.45, 7) is 0. The Labute approximate surface area is 110 Å². The topological polar surface area (TPSA) is 17.1 Å². The van der Waals surface area contributed by atoms with Crippen LogP contribution in [0.4, 0.5) is 0 Å². The fourth-order valence-electron chi connectivity index (χ4n) is 1.47. The summed E-state index contributed by atoms with van der Waals surface area (Å²) in [4.78, 5) is 14.2. The number of hydrogen-bond acceptors (Lipinski definition) is 3.